The fraction of sp³-hybridized carbons (Fsp3) is 0.562. The van der Waals surface area contributed by atoms with Crippen LogP contribution in [0.2, 0.25) is 0 Å². The summed E-state index contributed by atoms with van der Waals surface area (Å²) >= 11 is 0. The van der Waals surface area contributed by atoms with Gasteiger partial charge < -0.3 is 5.32 Å². The van der Waals surface area contributed by atoms with E-state index in [0.717, 1.165) is 11.5 Å². The standard InChI is InChI=1S/C16H22N2/c1-2-14-5-3-4-6-16(14)18-15-9-7-13(8-10-15)11-12-17/h7-10,14,16,18H,2-6,11H2,1H3. The van der Waals surface area contributed by atoms with Gasteiger partial charge in [0.15, 0.2) is 0 Å². The lowest BCUT2D eigenvalue weighted by Crippen LogP contribution is -2.31. The second kappa shape index (κ2) is 6.44. The van der Waals surface area contributed by atoms with Crippen LogP contribution in [-0.2, 0) is 6.42 Å². The van der Waals surface area contributed by atoms with Crippen molar-refractivity contribution >= 4 is 5.69 Å². The van der Waals surface area contributed by atoms with E-state index in [1.165, 1.54) is 37.8 Å². The molecule has 1 aliphatic carbocycles. The quantitative estimate of drug-likeness (QED) is 0.861. The molecule has 2 unspecified atom stereocenters. The Balaban J connectivity index is 1.97. The summed E-state index contributed by atoms with van der Waals surface area (Å²) in [4.78, 5) is 0. The molecule has 18 heavy (non-hydrogen) atoms. The molecule has 1 aromatic carbocycles. The van der Waals surface area contributed by atoms with Crippen LogP contribution in [0.25, 0.3) is 0 Å². The summed E-state index contributed by atoms with van der Waals surface area (Å²) in [6.07, 6.45) is 7.16. The van der Waals surface area contributed by atoms with Crippen molar-refractivity contribution in [1.29, 1.82) is 5.26 Å². The lowest BCUT2D eigenvalue weighted by Gasteiger charge is -2.32. The lowest BCUT2D eigenvalue weighted by molar-refractivity contribution is 0.317. The van der Waals surface area contributed by atoms with Crippen molar-refractivity contribution in [2.45, 2.75) is 51.5 Å². The maximum Gasteiger partial charge on any atom is 0.0669 e. The Morgan fingerprint density at radius 2 is 1.94 bits per heavy atom. The molecule has 2 nitrogen and oxygen atoms in total. The zero-order valence-corrected chi connectivity index (χ0v) is 11.2. The Bertz CT molecular complexity index is 402. The number of hydrogen-bond donors (Lipinski definition) is 1. The molecule has 0 bridgehead atoms. The van der Waals surface area contributed by atoms with E-state index >= 15 is 0 Å². The highest BCUT2D eigenvalue weighted by molar-refractivity contribution is 5.46. The van der Waals surface area contributed by atoms with Gasteiger partial charge in [0.05, 0.1) is 12.5 Å². The molecule has 0 aromatic heterocycles. The van der Waals surface area contributed by atoms with Gasteiger partial charge in [-0.15, -0.1) is 0 Å². The zero-order chi connectivity index (χ0) is 12.8. The third-order valence-corrected chi connectivity index (χ3v) is 4.02. The fourth-order valence-corrected chi connectivity index (χ4v) is 2.91. The average Bonchev–Trinajstić information content (AvgIpc) is 2.42. The Morgan fingerprint density at radius 1 is 1.22 bits per heavy atom. The Hall–Kier alpha value is -1.49. The van der Waals surface area contributed by atoms with Crippen LogP contribution in [0.1, 0.15) is 44.6 Å². The van der Waals surface area contributed by atoms with E-state index in [1.54, 1.807) is 0 Å². The van der Waals surface area contributed by atoms with Crippen molar-refractivity contribution in [1.82, 2.24) is 0 Å². The van der Waals surface area contributed by atoms with E-state index in [9.17, 15) is 0 Å². The summed E-state index contributed by atoms with van der Waals surface area (Å²) in [6.45, 7) is 2.29. The van der Waals surface area contributed by atoms with Crippen LogP contribution in [-0.4, -0.2) is 6.04 Å². The smallest absolute Gasteiger partial charge is 0.0669 e. The van der Waals surface area contributed by atoms with Crippen LogP contribution in [0.15, 0.2) is 24.3 Å². The minimum atomic E-state index is 0.501. The van der Waals surface area contributed by atoms with E-state index in [-0.39, 0.29) is 0 Å². The molecule has 0 amide bonds. The van der Waals surface area contributed by atoms with Crippen LogP contribution in [0.4, 0.5) is 5.69 Å². The van der Waals surface area contributed by atoms with Gasteiger partial charge in [-0.25, -0.2) is 0 Å². The van der Waals surface area contributed by atoms with Crippen LogP contribution < -0.4 is 5.32 Å². The highest BCUT2D eigenvalue weighted by atomic mass is 14.9. The number of hydrogen-bond acceptors (Lipinski definition) is 2. The number of benzene rings is 1. The molecule has 0 aliphatic heterocycles. The maximum absolute atomic E-state index is 8.65. The SMILES string of the molecule is CCC1CCCCC1Nc1ccc(CC#N)cc1. The summed E-state index contributed by atoms with van der Waals surface area (Å²) in [7, 11) is 0. The summed E-state index contributed by atoms with van der Waals surface area (Å²) in [5.41, 5.74) is 2.29. The minimum absolute atomic E-state index is 0.501. The summed E-state index contributed by atoms with van der Waals surface area (Å²) in [6, 6.07) is 11.1. The van der Waals surface area contributed by atoms with Crippen LogP contribution in [0.5, 0.6) is 0 Å². The maximum atomic E-state index is 8.65. The second-order valence-corrected chi connectivity index (χ2v) is 5.24. The zero-order valence-electron chi connectivity index (χ0n) is 11.2. The molecule has 1 saturated carbocycles. The van der Waals surface area contributed by atoms with Crippen molar-refractivity contribution in [2.24, 2.45) is 5.92 Å². The van der Waals surface area contributed by atoms with Gasteiger partial charge in [0.2, 0.25) is 0 Å². The third kappa shape index (κ3) is 3.26. The predicted octanol–water partition coefficient (Wildman–Crippen LogP) is 4.13. The lowest BCUT2D eigenvalue weighted by atomic mass is 9.83. The number of nitrogens with zero attached hydrogens (tertiary/aromatic N) is 1. The van der Waals surface area contributed by atoms with Gasteiger partial charge in [-0.2, -0.15) is 5.26 Å². The molecule has 0 spiro atoms. The molecule has 2 rings (SSSR count). The van der Waals surface area contributed by atoms with Crippen molar-refractivity contribution < 1.29 is 0 Å². The van der Waals surface area contributed by atoms with Gasteiger partial charge in [0, 0.05) is 11.7 Å². The Kier molecular flexibility index (Phi) is 4.64. The molecule has 96 valence electrons. The first kappa shape index (κ1) is 13.0. The molecular formula is C16H22N2. The molecule has 1 aromatic rings. The molecule has 1 N–H and O–H groups in total. The first-order chi connectivity index (χ1) is 8.83. The molecule has 1 fully saturated rings. The van der Waals surface area contributed by atoms with Crippen LogP contribution >= 0.6 is 0 Å². The monoisotopic (exact) mass is 242 g/mol. The van der Waals surface area contributed by atoms with Crippen molar-refractivity contribution in [3.63, 3.8) is 0 Å². The number of rotatable bonds is 4. The molecule has 1 aliphatic rings. The third-order valence-electron chi connectivity index (χ3n) is 4.02. The Labute approximate surface area is 110 Å². The highest BCUT2D eigenvalue weighted by Crippen LogP contribution is 2.29. The van der Waals surface area contributed by atoms with Crippen molar-refractivity contribution in [3.8, 4) is 6.07 Å². The first-order valence-corrected chi connectivity index (χ1v) is 7.06. The molecule has 0 heterocycles. The van der Waals surface area contributed by atoms with Gasteiger partial charge in [-0.1, -0.05) is 38.3 Å². The van der Waals surface area contributed by atoms with Crippen molar-refractivity contribution in [2.75, 3.05) is 5.32 Å². The van der Waals surface area contributed by atoms with Gasteiger partial charge >= 0.3 is 0 Å². The fourth-order valence-electron chi connectivity index (χ4n) is 2.91. The van der Waals surface area contributed by atoms with Gasteiger partial charge in [0.25, 0.3) is 0 Å². The molecule has 2 heteroatoms. The van der Waals surface area contributed by atoms with Crippen molar-refractivity contribution in [3.05, 3.63) is 29.8 Å². The molecular weight excluding hydrogens is 220 g/mol. The highest BCUT2D eigenvalue weighted by Gasteiger charge is 2.23. The molecule has 0 radical (unpaired) electrons. The largest absolute Gasteiger partial charge is 0.382 e. The topological polar surface area (TPSA) is 35.8 Å². The van der Waals surface area contributed by atoms with Gasteiger partial charge in [0.1, 0.15) is 0 Å². The minimum Gasteiger partial charge on any atom is -0.382 e. The summed E-state index contributed by atoms with van der Waals surface area (Å²) in [5, 5.41) is 12.3. The first-order valence-electron chi connectivity index (χ1n) is 7.06. The molecule has 0 saturated heterocycles. The second-order valence-electron chi connectivity index (χ2n) is 5.24. The number of nitrogens with one attached hydrogen (secondary N) is 1. The van der Waals surface area contributed by atoms with E-state index in [4.69, 9.17) is 5.26 Å². The van der Waals surface area contributed by atoms with Gasteiger partial charge in [-0.3, -0.25) is 0 Å². The van der Waals surface area contributed by atoms with Gasteiger partial charge in [-0.05, 0) is 36.5 Å². The van der Waals surface area contributed by atoms with Crippen LogP contribution in [0.3, 0.4) is 0 Å². The number of anilines is 1. The summed E-state index contributed by atoms with van der Waals surface area (Å²) in [5.74, 6) is 0.817. The van der Waals surface area contributed by atoms with Crippen LogP contribution in [0, 0.1) is 17.2 Å². The predicted molar refractivity (Wildman–Crippen MR) is 75.4 cm³/mol. The van der Waals surface area contributed by atoms with E-state index in [0.29, 0.717) is 12.5 Å². The van der Waals surface area contributed by atoms with E-state index < -0.39 is 0 Å². The summed E-state index contributed by atoms with van der Waals surface area (Å²) < 4.78 is 0. The Morgan fingerprint density at radius 3 is 2.61 bits per heavy atom. The van der Waals surface area contributed by atoms with E-state index in [2.05, 4.69) is 42.6 Å². The normalized spacial score (nSPS) is 23.3. The number of nitriles is 1. The van der Waals surface area contributed by atoms with E-state index in [1.807, 2.05) is 0 Å². The molecule has 2 atom stereocenters. The average molecular weight is 242 g/mol.